The zero-order valence-corrected chi connectivity index (χ0v) is 11.0. The topological polar surface area (TPSA) is 64.3 Å². The van der Waals surface area contributed by atoms with Crippen LogP contribution in [-0.2, 0) is 4.74 Å². The van der Waals surface area contributed by atoms with Gasteiger partial charge in [0.05, 0.1) is 18.2 Å². The lowest BCUT2D eigenvalue weighted by molar-refractivity contribution is 0.0382. The van der Waals surface area contributed by atoms with E-state index in [2.05, 4.69) is 21.8 Å². The molecular weight excluding hydrogens is 240 g/mol. The molecule has 0 aliphatic carbocycles. The van der Waals surface area contributed by atoms with Crippen molar-refractivity contribution in [2.24, 2.45) is 0 Å². The molecule has 1 atom stereocenters. The summed E-state index contributed by atoms with van der Waals surface area (Å²) in [5, 5.41) is 1.05. The maximum atomic E-state index is 5.80. The molecule has 1 saturated heterocycles. The SMILES string of the molecule is CCC1CN(c2ncnc3cc(N)ccc23)CCO1. The van der Waals surface area contributed by atoms with Crippen molar-refractivity contribution in [3.63, 3.8) is 0 Å². The second-order valence-corrected chi connectivity index (χ2v) is 4.82. The molecule has 1 aromatic heterocycles. The average Bonchev–Trinajstić information content (AvgIpc) is 2.46. The Kier molecular flexibility index (Phi) is 3.21. The van der Waals surface area contributed by atoms with Gasteiger partial charge in [-0.3, -0.25) is 0 Å². The lowest BCUT2D eigenvalue weighted by Crippen LogP contribution is -2.42. The van der Waals surface area contributed by atoms with Gasteiger partial charge in [-0.2, -0.15) is 0 Å². The number of rotatable bonds is 2. The van der Waals surface area contributed by atoms with E-state index in [0.29, 0.717) is 0 Å². The summed E-state index contributed by atoms with van der Waals surface area (Å²) < 4.78 is 5.70. The normalized spacial score (nSPS) is 19.8. The number of anilines is 2. The molecule has 3 rings (SSSR count). The summed E-state index contributed by atoms with van der Waals surface area (Å²) in [5.74, 6) is 0.978. The maximum Gasteiger partial charge on any atom is 0.140 e. The summed E-state index contributed by atoms with van der Waals surface area (Å²) in [7, 11) is 0. The van der Waals surface area contributed by atoms with E-state index in [-0.39, 0.29) is 6.10 Å². The van der Waals surface area contributed by atoms with Crippen LogP contribution in [0.3, 0.4) is 0 Å². The Morgan fingerprint density at radius 2 is 2.32 bits per heavy atom. The van der Waals surface area contributed by atoms with Gasteiger partial charge in [0.1, 0.15) is 12.1 Å². The summed E-state index contributed by atoms with van der Waals surface area (Å²) in [6.45, 7) is 4.64. The summed E-state index contributed by atoms with van der Waals surface area (Å²) >= 11 is 0. The first-order valence-corrected chi connectivity index (χ1v) is 6.64. The monoisotopic (exact) mass is 258 g/mol. The van der Waals surface area contributed by atoms with Gasteiger partial charge in [0.15, 0.2) is 0 Å². The van der Waals surface area contributed by atoms with Crippen LogP contribution in [0.4, 0.5) is 11.5 Å². The fourth-order valence-corrected chi connectivity index (χ4v) is 2.47. The van der Waals surface area contributed by atoms with Crippen molar-refractivity contribution in [1.29, 1.82) is 0 Å². The van der Waals surface area contributed by atoms with E-state index in [9.17, 15) is 0 Å². The minimum absolute atomic E-state index is 0.285. The number of fused-ring (bicyclic) bond motifs is 1. The van der Waals surface area contributed by atoms with Crippen LogP contribution in [0, 0.1) is 0 Å². The van der Waals surface area contributed by atoms with Gasteiger partial charge in [0.25, 0.3) is 0 Å². The minimum Gasteiger partial charge on any atom is -0.399 e. The molecule has 1 unspecified atom stereocenters. The predicted octanol–water partition coefficient (Wildman–Crippen LogP) is 1.83. The first kappa shape index (κ1) is 12.2. The van der Waals surface area contributed by atoms with Crippen molar-refractivity contribution < 1.29 is 4.74 Å². The zero-order valence-electron chi connectivity index (χ0n) is 11.0. The fourth-order valence-electron chi connectivity index (χ4n) is 2.47. The van der Waals surface area contributed by atoms with E-state index in [1.165, 1.54) is 0 Å². The number of hydrogen-bond donors (Lipinski definition) is 1. The standard InChI is InChI=1S/C14H18N4O/c1-2-11-8-18(5-6-19-11)14-12-4-3-10(15)7-13(12)16-9-17-14/h3-4,7,9,11H,2,5-6,8,15H2,1H3. The number of morpholine rings is 1. The van der Waals surface area contributed by atoms with E-state index in [1.54, 1.807) is 6.33 Å². The number of benzene rings is 1. The van der Waals surface area contributed by atoms with Crippen molar-refractivity contribution >= 4 is 22.4 Å². The van der Waals surface area contributed by atoms with Gasteiger partial charge < -0.3 is 15.4 Å². The van der Waals surface area contributed by atoms with Crippen molar-refractivity contribution in [1.82, 2.24) is 9.97 Å². The molecule has 5 heteroatoms. The Morgan fingerprint density at radius 3 is 3.16 bits per heavy atom. The molecule has 2 heterocycles. The highest BCUT2D eigenvalue weighted by Crippen LogP contribution is 2.26. The van der Waals surface area contributed by atoms with Crippen LogP contribution >= 0.6 is 0 Å². The molecule has 0 radical (unpaired) electrons. The third-order valence-corrected chi connectivity index (χ3v) is 3.53. The average molecular weight is 258 g/mol. The number of aromatic nitrogens is 2. The Bertz CT molecular complexity index is 587. The van der Waals surface area contributed by atoms with Gasteiger partial charge in [-0.1, -0.05) is 6.92 Å². The lowest BCUT2D eigenvalue weighted by Gasteiger charge is -2.33. The van der Waals surface area contributed by atoms with Crippen LogP contribution in [0.5, 0.6) is 0 Å². The Balaban J connectivity index is 2.00. The van der Waals surface area contributed by atoms with E-state index in [4.69, 9.17) is 10.5 Å². The van der Waals surface area contributed by atoms with Gasteiger partial charge in [-0.15, -0.1) is 0 Å². The third kappa shape index (κ3) is 2.33. The van der Waals surface area contributed by atoms with E-state index in [0.717, 1.165) is 48.5 Å². The minimum atomic E-state index is 0.285. The molecule has 0 amide bonds. The van der Waals surface area contributed by atoms with Crippen molar-refractivity contribution in [2.45, 2.75) is 19.4 Å². The number of hydrogen-bond acceptors (Lipinski definition) is 5. The third-order valence-electron chi connectivity index (χ3n) is 3.53. The molecule has 1 aromatic carbocycles. The zero-order chi connectivity index (χ0) is 13.2. The van der Waals surface area contributed by atoms with Gasteiger partial charge in [-0.05, 0) is 24.6 Å². The molecule has 0 bridgehead atoms. The summed E-state index contributed by atoms with van der Waals surface area (Å²) in [4.78, 5) is 11.0. The van der Waals surface area contributed by atoms with Gasteiger partial charge in [-0.25, -0.2) is 9.97 Å². The Morgan fingerprint density at radius 1 is 1.42 bits per heavy atom. The van der Waals surface area contributed by atoms with Gasteiger partial charge in [0, 0.05) is 24.2 Å². The number of nitrogens with two attached hydrogens (primary N) is 1. The summed E-state index contributed by atoms with van der Waals surface area (Å²) in [6, 6.07) is 5.78. The smallest absolute Gasteiger partial charge is 0.140 e. The fraction of sp³-hybridized carbons (Fsp3) is 0.429. The molecule has 1 aliphatic heterocycles. The number of nitrogens with zero attached hydrogens (tertiary/aromatic N) is 3. The van der Waals surface area contributed by atoms with Crippen molar-refractivity contribution in [3.8, 4) is 0 Å². The molecule has 0 spiro atoms. The Labute approximate surface area is 112 Å². The molecule has 0 saturated carbocycles. The summed E-state index contributed by atoms with van der Waals surface area (Å²) in [6.07, 6.45) is 2.91. The van der Waals surface area contributed by atoms with Gasteiger partial charge in [0.2, 0.25) is 0 Å². The first-order chi connectivity index (χ1) is 9.28. The van der Waals surface area contributed by atoms with Gasteiger partial charge >= 0.3 is 0 Å². The van der Waals surface area contributed by atoms with E-state index < -0.39 is 0 Å². The quantitative estimate of drug-likeness (QED) is 0.832. The van der Waals surface area contributed by atoms with Crippen LogP contribution in [-0.4, -0.2) is 35.8 Å². The molecule has 5 nitrogen and oxygen atoms in total. The van der Waals surface area contributed by atoms with Crippen LogP contribution in [0.1, 0.15) is 13.3 Å². The second-order valence-electron chi connectivity index (χ2n) is 4.82. The van der Waals surface area contributed by atoms with Crippen LogP contribution < -0.4 is 10.6 Å². The maximum absolute atomic E-state index is 5.80. The molecular formula is C14H18N4O. The largest absolute Gasteiger partial charge is 0.399 e. The van der Waals surface area contributed by atoms with Crippen LogP contribution in [0.15, 0.2) is 24.5 Å². The van der Waals surface area contributed by atoms with Crippen molar-refractivity contribution in [3.05, 3.63) is 24.5 Å². The summed E-state index contributed by atoms with van der Waals surface area (Å²) in [5.41, 5.74) is 7.42. The molecule has 100 valence electrons. The second kappa shape index (κ2) is 5.01. The molecule has 19 heavy (non-hydrogen) atoms. The molecule has 2 N–H and O–H groups in total. The highest BCUT2D eigenvalue weighted by molar-refractivity contribution is 5.91. The number of nitrogen functional groups attached to an aromatic ring is 1. The van der Waals surface area contributed by atoms with Crippen LogP contribution in [0.25, 0.3) is 10.9 Å². The molecule has 1 aliphatic rings. The highest BCUT2D eigenvalue weighted by Gasteiger charge is 2.21. The van der Waals surface area contributed by atoms with Crippen molar-refractivity contribution in [2.75, 3.05) is 30.3 Å². The van der Waals surface area contributed by atoms with Crippen LogP contribution in [0.2, 0.25) is 0 Å². The number of ether oxygens (including phenoxy) is 1. The lowest BCUT2D eigenvalue weighted by atomic mass is 10.1. The molecule has 1 fully saturated rings. The Hall–Kier alpha value is -1.88. The first-order valence-electron chi connectivity index (χ1n) is 6.64. The predicted molar refractivity (Wildman–Crippen MR) is 76.2 cm³/mol. The highest BCUT2D eigenvalue weighted by atomic mass is 16.5. The van der Waals surface area contributed by atoms with E-state index in [1.807, 2.05) is 18.2 Å². The molecule has 2 aromatic rings. The van der Waals surface area contributed by atoms with E-state index >= 15 is 0 Å².